The predicted molar refractivity (Wildman–Crippen MR) is 64.9 cm³/mol. The highest BCUT2D eigenvalue weighted by molar-refractivity contribution is 5.79. The topological polar surface area (TPSA) is 46.3 Å². The maximum Gasteiger partial charge on any atom is 0.225 e. The Morgan fingerprint density at radius 2 is 1.75 bits per heavy atom. The minimum atomic E-state index is 0.242. The number of amides is 1. The number of carbonyl (C=O) groups is 1. The number of hydrogen-bond acceptors (Lipinski definition) is 2. The fraction of sp³-hybridized carbons (Fsp3) is 0.923. The molecule has 1 unspecified atom stereocenters. The van der Waals surface area contributed by atoms with Crippen LogP contribution < -0.4 is 5.73 Å². The van der Waals surface area contributed by atoms with E-state index in [1.54, 1.807) is 0 Å². The Morgan fingerprint density at radius 1 is 1.19 bits per heavy atom. The molecular formula is C13H24N2O. The van der Waals surface area contributed by atoms with Gasteiger partial charge in [0.25, 0.3) is 0 Å². The van der Waals surface area contributed by atoms with E-state index in [1.165, 1.54) is 12.8 Å². The standard InChI is InChI=1S/C13H24N2O/c1-9(10-3-4-10)15(2)13(16)11-5-7-12(14)8-6-11/h9-12H,3-8,14H2,1-2H3. The van der Waals surface area contributed by atoms with Crippen LogP contribution in [0.3, 0.4) is 0 Å². The zero-order valence-electron chi connectivity index (χ0n) is 10.5. The third-order valence-electron chi connectivity index (χ3n) is 4.38. The number of rotatable bonds is 3. The molecular weight excluding hydrogens is 200 g/mol. The van der Waals surface area contributed by atoms with E-state index in [0.29, 0.717) is 18.0 Å². The summed E-state index contributed by atoms with van der Waals surface area (Å²) in [5.74, 6) is 1.36. The van der Waals surface area contributed by atoms with Gasteiger partial charge in [-0.2, -0.15) is 0 Å². The van der Waals surface area contributed by atoms with E-state index in [0.717, 1.165) is 31.6 Å². The van der Waals surface area contributed by atoms with Gasteiger partial charge in [-0.05, 0) is 51.4 Å². The van der Waals surface area contributed by atoms with Crippen molar-refractivity contribution in [3.8, 4) is 0 Å². The van der Waals surface area contributed by atoms with Gasteiger partial charge in [0.15, 0.2) is 0 Å². The molecule has 3 nitrogen and oxygen atoms in total. The summed E-state index contributed by atoms with van der Waals surface area (Å²) < 4.78 is 0. The molecule has 2 saturated carbocycles. The van der Waals surface area contributed by atoms with E-state index in [4.69, 9.17) is 5.73 Å². The highest BCUT2D eigenvalue weighted by Crippen LogP contribution is 2.36. The van der Waals surface area contributed by atoms with Gasteiger partial charge in [0.1, 0.15) is 0 Å². The van der Waals surface area contributed by atoms with Crippen LogP contribution >= 0.6 is 0 Å². The summed E-state index contributed by atoms with van der Waals surface area (Å²) in [6.45, 7) is 2.18. The zero-order chi connectivity index (χ0) is 11.7. The van der Waals surface area contributed by atoms with Gasteiger partial charge in [-0.25, -0.2) is 0 Å². The third kappa shape index (κ3) is 2.57. The fourth-order valence-corrected chi connectivity index (χ4v) is 2.75. The van der Waals surface area contributed by atoms with Crippen LogP contribution in [0.4, 0.5) is 0 Å². The van der Waals surface area contributed by atoms with Crippen molar-refractivity contribution in [1.29, 1.82) is 0 Å². The van der Waals surface area contributed by atoms with Crippen LogP contribution in [0.25, 0.3) is 0 Å². The summed E-state index contributed by atoms with van der Waals surface area (Å²) in [6, 6.07) is 0.762. The Kier molecular flexibility index (Phi) is 3.53. The zero-order valence-corrected chi connectivity index (χ0v) is 10.5. The van der Waals surface area contributed by atoms with Gasteiger partial charge in [-0.3, -0.25) is 4.79 Å². The first-order valence-corrected chi connectivity index (χ1v) is 6.62. The largest absolute Gasteiger partial charge is 0.343 e. The maximum atomic E-state index is 12.3. The van der Waals surface area contributed by atoms with Crippen molar-refractivity contribution in [2.24, 2.45) is 17.6 Å². The smallest absolute Gasteiger partial charge is 0.225 e. The molecule has 0 aliphatic heterocycles. The van der Waals surface area contributed by atoms with E-state index in [-0.39, 0.29) is 5.92 Å². The Labute approximate surface area is 98.4 Å². The lowest BCUT2D eigenvalue weighted by Gasteiger charge is -2.32. The summed E-state index contributed by atoms with van der Waals surface area (Å²) in [5.41, 5.74) is 5.87. The second-order valence-electron chi connectivity index (χ2n) is 5.64. The fourth-order valence-electron chi connectivity index (χ4n) is 2.75. The first-order chi connectivity index (χ1) is 7.59. The van der Waals surface area contributed by atoms with Gasteiger partial charge in [0.05, 0.1) is 0 Å². The monoisotopic (exact) mass is 224 g/mol. The number of nitrogens with two attached hydrogens (primary N) is 1. The first kappa shape index (κ1) is 11.9. The minimum Gasteiger partial charge on any atom is -0.343 e. The van der Waals surface area contributed by atoms with E-state index >= 15 is 0 Å². The quantitative estimate of drug-likeness (QED) is 0.794. The van der Waals surface area contributed by atoms with E-state index in [1.807, 2.05) is 11.9 Å². The van der Waals surface area contributed by atoms with Crippen molar-refractivity contribution in [3.63, 3.8) is 0 Å². The number of carbonyl (C=O) groups excluding carboxylic acids is 1. The summed E-state index contributed by atoms with van der Waals surface area (Å²) in [6.07, 6.45) is 6.61. The predicted octanol–water partition coefficient (Wildman–Crippen LogP) is 1.76. The molecule has 16 heavy (non-hydrogen) atoms. The van der Waals surface area contributed by atoms with Gasteiger partial charge in [0.2, 0.25) is 5.91 Å². The van der Waals surface area contributed by atoms with Crippen LogP contribution in [-0.4, -0.2) is 29.9 Å². The van der Waals surface area contributed by atoms with Crippen LogP contribution in [0.1, 0.15) is 45.4 Å². The van der Waals surface area contributed by atoms with Crippen molar-refractivity contribution in [2.45, 2.75) is 57.5 Å². The maximum absolute atomic E-state index is 12.3. The molecule has 2 N–H and O–H groups in total. The van der Waals surface area contributed by atoms with Gasteiger partial charge >= 0.3 is 0 Å². The Hall–Kier alpha value is -0.570. The molecule has 0 saturated heterocycles. The van der Waals surface area contributed by atoms with Gasteiger partial charge in [-0.1, -0.05) is 0 Å². The summed E-state index contributed by atoms with van der Waals surface area (Å²) in [7, 11) is 1.97. The highest BCUT2D eigenvalue weighted by Gasteiger charge is 2.35. The molecule has 2 rings (SSSR count). The van der Waals surface area contributed by atoms with Crippen molar-refractivity contribution in [2.75, 3.05) is 7.05 Å². The van der Waals surface area contributed by atoms with E-state index in [9.17, 15) is 4.79 Å². The van der Waals surface area contributed by atoms with E-state index < -0.39 is 0 Å². The molecule has 92 valence electrons. The van der Waals surface area contributed by atoms with Gasteiger partial charge in [-0.15, -0.1) is 0 Å². The molecule has 3 heteroatoms. The second kappa shape index (κ2) is 4.74. The lowest BCUT2D eigenvalue weighted by Crippen LogP contribution is -2.42. The molecule has 2 aliphatic rings. The van der Waals surface area contributed by atoms with Crippen LogP contribution in [0.2, 0.25) is 0 Å². The average Bonchev–Trinajstić information content (AvgIpc) is 3.11. The first-order valence-electron chi connectivity index (χ1n) is 6.62. The molecule has 1 atom stereocenters. The molecule has 0 radical (unpaired) electrons. The Bertz CT molecular complexity index is 255. The van der Waals surface area contributed by atoms with Crippen LogP contribution in [0.5, 0.6) is 0 Å². The summed E-state index contributed by atoms with van der Waals surface area (Å²) in [5, 5.41) is 0. The molecule has 0 aromatic heterocycles. The highest BCUT2D eigenvalue weighted by atomic mass is 16.2. The van der Waals surface area contributed by atoms with Crippen molar-refractivity contribution in [3.05, 3.63) is 0 Å². The molecule has 2 fully saturated rings. The lowest BCUT2D eigenvalue weighted by molar-refractivity contribution is -0.137. The van der Waals surface area contributed by atoms with Gasteiger partial charge in [0, 0.05) is 25.0 Å². The number of hydrogen-bond donors (Lipinski definition) is 1. The molecule has 2 aliphatic carbocycles. The molecule has 0 aromatic rings. The molecule has 0 spiro atoms. The summed E-state index contributed by atoms with van der Waals surface area (Å²) >= 11 is 0. The van der Waals surface area contributed by atoms with Crippen molar-refractivity contribution in [1.82, 2.24) is 4.90 Å². The molecule has 0 aromatic carbocycles. The summed E-state index contributed by atoms with van der Waals surface area (Å²) in [4.78, 5) is 14.2. The van der Waals surface area contributed by atoms with Crippen LogP contribution in [-0.2, 0) is 4.79 Å². The van der Waals surface area contributed by atoms with Gasteiger partial charge < -0.3 is 10.6 Å². The molecule has 1 amide bonds. The average molecular weight is 224 g/mol. The van der Waals surface area contributed by atoms with Crippen molar-refractivity contribution < 1.29 is 4.79 Å². The lowest BCUT2D eigenvalue weighted by atomic mass is 9.85. The number of nitrogens with zero attached hydrogens (tertiary/aromatic N) is 1. The second-order valence-corrected chi connectivity index (χ2v) is 5.64. The van der Waals surface area contributed by atoms with Crippen LogP contribution in [0.15, 0.2) is 0 Å². The Morgan fingerprint density at radius 3 is 2.25 bits per heavy atom. The SMILES string of the molecule is CC(C1CC1)N(C)C(=O)C1CCC(N)CC1. The third-order valence-corrected chi connectivity index (χ3v) is 4.38. The van der Waals surface area contributed by atoms with Crippen LogP contribution in [0, 0.1) is 11.8 Å². The molecule has 0 bridgehead atoms. The minimum absolute atomic E-state index is 0.242. The van der Waals surface area contributed by atoms with Crippen molar-refractivity contribution >= 4 is 5.91 Å². The molecule has 0 heterocycles. The van der Waals surface area contributed by atoms with E-state index in [2.05, 4.69) is 6.92 Å². The Balaban J connectivity index is 1.86. The normalized spacial score (nSPS) is 32.2.